The second-order valence-electron chi connectivity index (χ2n) is 5.23. The Hall–Kier alpha value is -2.73. The van der Waals surface area contributed by atoms with Crippen LogP contribution in [0.1, 0.15) is 11.1 Å². The molecule has 0 unspecified atom stereocenters. The van der Waals surface area contributed by atoms with E-state index in [0.29, 0.717) is 23.3 Å². The fraction of sp³-hybridized carbons (Fsp3) is 0.118. The molecule has 0 radical (unpaired) electrons. The summed E-state index contributed by atoms with van der Waals surface area (Å²) in [5.74, 6) is 0.661. The minimum Gasteiger partial charge on any atom is -0.349 e. The van der Waals surface area contributed by atoms with Crippen LogP contribution in [-0.2, 0) is 6.54 Å². The van der Waals surface area contributed by atoms with Crippen LogP contribution < -0.4 is 10.6 Å². The lowest BCUT2D eigenvalue weighted by molar-refractivity contribution is 0.627. The number of nitrogens with one attached hydrogen (secondary N) is 2. The van der Waals surface area contributed by atoms with Gasteiger partial charge in [0.1, 0.15) is 5.82 Å². The van der Waals surface area contributed by atoms with Gasteiger partial charge in [-0.15, -0.1) is 5.10 Å². The van der Waals surface area contributed by atoms with E-state index in [0.717, 1.165) is 16.8 Å². The molecule has 2 aromatic carbocycles. The van der Waals surface area contributed by atoms with Crippen LogP contribution in [0.4, 0.5) is 21.8 Å². The zero-order valence-electron chi connectivity index (χ0n) is 12.9. The summed E-state index contributed by atoms with van der Waals surface area (Å²) in [6.07, 6.45) is 1.52. The van der Waals surface area contributed by atoms with Gasteiger partial charge in [0.15, 0.2) is 5.82 Å². The number of aromatic nitrogens is 3. The maximum absolute atomic E-state index is 12.9. The first-order valence-electron chi connectivity index (χ1n) is 7.31. The molecule has 122 valence electrons. The highest BCUT2D eigenvalue weighted by Crippen LogP contribution is 2.22. The summed E-state index contributed by atoms with van der Waals surface area (Å²) in [6, 6.07) is 11.9. The number of rotatable bonds is 5. The molecule has 2 N–H and O–H groups in total. The van der Waals surface area contributed by atoms with Crippen molar-refractivity contribution in [1.29, 1.82) is 0 Å². The van der Waals surface area contributed by atoms with Crippen LogP contribution in [0, 0.1) is 12.7 Å². The Labute approximate surface area is 143 Å². The molecule has 1 heterocycles. The summed E-state index contributed by atoms with van der Waals surface area (Å²) >= 11 is 6.11. The maximum atomic E-state index is 12.9. The van der Waals surface area contributed by atoms with Crippen LogP contribution in [0.5, 0.6) is 0 Å². The molecule has 24 heavy (non-hydrogen) atoms. The molecule has 0 atom stereocenters. The number of halogens is 2. The van der Waals surface area contributed by atoms with Crippen LogP contribution in [0.2, 0.25) is 5.02 Å². The Balaban J connectivity index is 1.67. The van der Waals surface area contributed by atoms with Crippen LogP contribution in [0.25, 0.3) is 0 Å². The third-order valence-electron chi connectivity index (χ3n) is 3.37. The smallest absolute Gasteiger partial charge is 0.244 e. The topological polar surface area (TPSA) is 62.7 Å². The number of hydrogen-bond acceptors (Lipinski definition) is 5. The summed E-state index contributed by atoms with van der Waals surface area (Å²) in [4.78, 5) is 4.34. The Bertz CT molecular complexity index is 839. The van der Waals surface area contributed by atoms with E-state index >= 15 is 0 Å². The van der Waals surface area contributed by atoms with E-state index in [4.69, 9.17) is 11.6 Å². The van der Waals surface area contributed by atoms with Gasteiger partial charge < -0.3 is 10.6 Å². The van der Waals surface area contributed by atoms with Crippen molar-refractivity contribution in [1.82, 2.24) is 15.2 Å². The number of nitrogens with zero attached hydrogens (tertiary/aromatic N) is 3. The normalized spacial score (nSPS) is 10.5. The first-order chi connectivity index (χ1) is 11.6. The van der Waals surface area contributed by atoms with Crippen LogP contribution in [-0.4, -0.2) is 15.2 Å². The average Bonchev–Trinajstić information content (AvgIpc) is 2.58. The van der Waals surface area contributed by atoms with Gasteiger partial charge in [-0.2, -0.15) is 10.1 Å². The largest absolute Gasteiger partial charge is 0.349 e. The lowest BCUT2D eigenvalue weighted by atomic mass is 10.2. The second-order valence-corrected chi connectivity index (χ2v) is 5.64. The molecular formula is C17H15ClFN5. The molecule has 0 saturated carbocycles. The summed E-state index contributed by atoms with van der Waals surface area (Å²) in [5, 5.41) is 14.7. The molecular weight excluding hydrogens is 329 g/mol. The third-order valence-corrected chi connectivity index (χ3v) is 3.77. The molecule has 0 saturated heterocycles. The summed E-state index contributed by atoms with van der Waals surface area (Å²) < 4.78 is 12.9. The molecule has 0 bridgehead atoms. The molecule has 7 heteroatoms. The van der Waals surface area contributed by atoms with Crippen molar-refractivity contribution in [3.8, 4) is 0 Å². The monoisotopic (exact) mass is 343 g/mol. The predicted octanol–water partition coefficient (Wildman–Crippen LogP) is 4.33. The number of hydrogen-bond donors (Lipinski definition) is 2. The van der Waals surface area contributed by atoms with Crippen molar-refractivity contribution >= 4 is 29.1 Å². The minimum absolute atomic E-state index is 0.264. The lowest BCUT2D eigenvalue weighted by Crippen LogP contribution is -2.06. The van der Waals surface area contributed by atoms with Crippen molar-refractivity contribution in [3.63, 3.8) is 0 Å². The van der Waals surface area contributed by atoms with E-state index in [1.54, 1.807) is 12.1 Å². The van der Waals surface area contributed by atoms with E-state index in [1.165, 1.54) is 18.3 Å². The first kappa shape index (κ1) is 16.1. The molecule has 0 aliphatic rings. The molecule has 3 aromatic rings. The summed E-state index contributed by atoms with van der Waals surface area (Å²) in [7, 11) is 0. The van der Waals surface area contributed by atoms with Gasteiger partial charge in [0.2, 0.25) is 5.95 Å². The van der Waals surface area contributed by atoms with Crippen molar-refractivity contribution < 1.29 is 4.39 Å². The lowest BCUT2D eigenvalue weighted by Gasteiger charge is -2.09. The van der Waals surface area contributed by atoms with Gasteiger partial charge in [-0.25, -0.2) is 4.39 Å². The van der Waals surface area contributed by atoms with E-state index < -0.39 is 0 Å². The Morgan fingerprint density at radius 1 is 1.12 bits per heavy atom. The second kappa shape index (κ2) is 7.23. The Kier molecular flexibility index (Phi) is 4.86. The molecule has 0 aliphatic heterocycles. The van der Waals surface area contributed by atoms with Crippen molar-refractivity contribution in [2.24, 2.45) is 0 Å². The van der Waals surface area contributed by atoms with Gasteiger partial charge in [-0.1, -0.05) is 29.8 Å². The zero-order valence-corrected chi connectivity index (χ0v) is 13.7. The fourth-order valence-electron chi connectivity index (χ4n) is 2.04. The van der Waals surface area contributed by atoms with Crippen molar-refractivity contribution in [2.75, 3.05) is 10.6 Å². The zero-order chi connectivity index (χ0) is 16.9. The molecule has 0 spiro atoms. The van der Waals surface area contributed by atoms with E-state index in [9.17, 15) is 4.39 Å². The number of benzene rings is 2. The molecule has 0 amide bonds. The highest BCUT2D eigenvalue weighted by Gasteiger charge is 2.03. The summed E-state index contributed by atoms with van der Waals surface area (Å²) in [6.45, 7) is 2.41. The highest BCUT2D eigenvalue weighted by molar-refractivity contribution is 6.31. The molecule has 0 fully saturated rings. The first-order valence-corrected chi connectivity index (χ1v) is 7.69. The molecule has 1 aromatic heterocycles. The molecule has 5 nitrogen and oxygen atoms in total. The van der Waals surface area contributed by atoms with Crippen LogP contribution in [0.3, 0.4) is 0 Å². The van der Waals surface area contributed by atoms with Gasteiger partial charge in [0, 0.05) is 17.3 Å². The Morgan fingerprint density at radius 2 is 1.92 bits per heavy atom. The SMILES string of the molecule is Cc1ccc(Nc2cnnc(NCc3ccc(F)cc3)n2)cc1Cl. The minimum atomic E-state index is -0.264. The van der Waals surface area contributed by atoms with E-state index in [1.807, 2.05) is 25.1 Å². The van der Waals surface area contributed by atoms with Gasteiger partial charge in [0.25, 0.3) is 0 Å². The van der Waals surface area contributed by atoms with E-state index in [2.05, 4.69) is 25.8 Å². The van der Waals surface area contributed by atoms with Gasteiger partial charge in [0.05, 0.1) is 6.20 Å². The average molecular weight is 344 g/mol. The maximum Gasteiger partial charge on any atom is 0.244 e. The van der Waals surface area contributed by atoms with Crippen molar-refractivity contribution in [3.05, 3.63) is 70.6 Å². The van der Waals surface area contributed by atoms with Crippen LogP contribution in [0.15, 0.2) is 48.7 Å². The number of aryl methyl sites for hydroxylation is 1. The van der Waals surface area contributed by atoms with Gasteiger partial charge in [-0.3, -0.25) is 0 Å². The fourth-order valence-corrected chi connectivity index (χ4v) is 2.22. The summed E-state index contributed by atoms with van der Waals surface area (Å²) in [5.41, 5.74) is 2.74. The predicted molar refractivity (Wildman–Crippen MR) is 93.0 cm³/mol. The van der Waals surface area contributed by atoms with E-state index in [-0.39, 0.29) is 5.82 Å². The van der Waals surface area contributed by atoms with Gasteiger partial charge >= 0.3 is 0 Å². The Morgan fingerprint density at radius 3 is 2.67 bits per heavy atom. The van der Waals surface area contributed by atoms with Crippen molar-refractivity contribution in [2.45, 2.75) is 13.5 Å². The third kappa shape index (κ3) is 4.17. The molecule has 0 aliphatic carbocycles. The van der Waals surface area contributed by atoms with Crippen LogP contribution >= 0.6 is 11.6 Å². The highest BCUT2D eigenvalue weighted by atomic mass is 35.5. The molecule has 3 rings (SSSR count). The quantitative estimate of drug-likeness (QED) is 0.722. The standard InChI is InChI=1S/C17H15ClFN5/c1-11-2-7-14(8-15(11)18)22-16-10-21-24-17(23-16)20-9-12-3-5-13(19)6-4-12/h2-8,10H,9H2,1H3,(H2,20,22,23,24). The number of anilines is 3. The van der Waals surface area contributed by atoms with Gasteiger partial charge in [-0.05, 0) is 42.3 Å².